The summed E-state index contributed by atoms with van der Waals surface area (Å²) in [7, 11) is -1.92. The number of ether oxygens (including phenoxy) is 4. The largest absolute Gasteiger partial charge is 0.414 e. The third-order valence-corrected chi connectivity index (χ3v) is 12.2. The molecule has 4 atom stereocenters. The number of hydrogen-bond donors (Lipinski definition) is 0. The second-order valence-corrected chi connectivity index (χ2v) is 16.6. The van der Waals surface area contributed by atoms with Crippen molar-refractivity contribution < 1.29 is 23.4 Å². The molecule has 1 aromatic rings. The normalized spacial score (nSPS) is 31.3. The second-order valence-electron chi connectivity index (χ2n) is 11.8. The summed E-state index contributed by atoms with van der Waals surface area (Å²) in [5.74, 6) is -1.61. The molecule has 180 valence electrons. The van der Waals surface area contributed by atoms with Crippen LogP contribution in [0.4, 0.5) is 0 Å². The maximum Gasteiger partial charge on any atom is 0.226 e. The lowest BCUT2D eigenvalue weighted by molar-refractivity contribution is -0.297. The summed E-state index contributed by atoms with van der Waals surface area (Å²) in [6.07, 6.45) is 2.72. The van der Waals surface area contributed by atoms with E-state index >= 15 is 0 Å². The molecular weight excluding hydrogens is 420 g/mol. The summed E-state index contributed by atoms with van der Waals surface area (Å²) >= 11 is 0. The molecule has 2 fully saturated rings. The lowest BCUT2D eigenvalue weighted by Gasteiger charge is -2.37. The molecule has 6 heteroatoms. The highest BCUT2D eigenvalue weighted by molar-refractivity contribution is 6.74. The van der Waals surface area contributed by atoms with Gasteiger partial charge in [0.2, 0.25) is 5.79 Å². The van der Waals surface area contributed by atoms with Gasteiger partial charge >= 0.3 is 0 Å². The number of fused-ring (bicyclic) bond motifs is 4. The van der Waals surface area contributed by atoms with E-state index in [1.807, 2.05) is 13.8 Å². The van der Waals surface area contributed by atoms with Crippen molar-refractivity contribution in [1.29, 1.82) is 0 Å². The highest BCUT2D eigenvalue weighted by Crippen LogP contribution is 2.54. The van der Waals surface area contributed by atoms with Gasteiger partial charge in [-0.25, -0.2) is 0 Å². The van der Waals surface area contributed by atoms with Crippen molar-refractivity contribution in [3.63, 3.8) is 0 Å². The molecule has 0 radical (unpaired) electrons. The first-order valence-corrected chi connectivity index (χ1v) is 15.1. The first-order chi connectivity index (χ1) is 14.8. The highest BCUT2D eigenvalue weighted by atomic mass is 28.4. The molecule has 0 saturated carbocycles. The van der Waals surface area contributed by atoms with Crippen LogP contribution < -0.4 is 0 Å². The van der Waals surface area contributed by atoms with E-state index in [4.69, 9.17) is 23.4 Å². The van der Waals surface area contributed by atoms with E-state index < -0.39 is 19.9 Å². The zero-order valence-electron chi connectivity index (χ0n) is 21.5. The number of aryl methyl sites for hydroxylation is 2. The Bertz CT molecular complexity index is 859. The second kappa shape index (κ2) is 8.17. The number of unbranched alkanes of at least 4 members (excludes halogenated alkanes) is 1. The van der Waals surface area contributed by atoms with Crippen LogP contribution in [0.2, 0.25) is 18.1 Å². The Morgan fingerprint density at radius 3 is 2.50 bits per heavy atom. The van der Waals surface area contributed by atoms with Crippen LogP contribution in [0, 0.1) is 6.92 Å². The number of hydrogen-bond acceptors (Lipinski definition) is 5. The highest BCUT2D eigenvalue weighted by Gasteiger charge is 2.67. The fraction of sp³-hybridized carbons (Fsp3) is 0.769. The third kappa shape index (κ3) is 4.12. The summed E-state index contributed by atoms with van der Waals surface area (Å²) in [6.45, 7) is 20.7. The first kappa shape index (κ1) is 24.4. The van der Waals surface area contributed by atoms with Crippen molar-refractivity contribution in [2.45, 2.75) is 122 Å². The van der Waals surface area contributed by atoms with Gasteiger partial charge in [0.15, 0.2) is 14.1 Å². The van der Waals surface area contributed by atoms with Crippen molar-refractivity contribution in [3.05, 3.63) is 34.4 Å². The molecule has 0 aromatic heterocycles. The summed E-state index contributed by atoms with van der Waals surface area (Å²) < 4.78 is 32.6. The molecule has 2 saturated heterocycles. The molecule has 0 bridgehead atoms. The van der Waals surface area contributed by atoms with Gasteiger partial charge < -0.3 is 23.4 Å². The topological polar surface area (TPSA) is 46.2 Å². The minimum absolute atomic E-state index is 0.136. The summed E-state index contributed by atoms with van der Waals surface area (Å²) in [6, 6.07) is 4.59. The lowest BCUT2D eigenvalue weighted by Crippen LogP contribution is -2.44. The fourth-order valence-electron chi connectivity index (χ4n) is 5.00. The summed E-state index contributed by atoms with van der Waals surface area (Å²) in [4.78, 5) is 0. The predicted octanol–water partition coefficient (Wildman–Crippen LogP) is 5.96. The summed E-state index contributed by atoms with van der Waals surface area (Å²) in [5, 5.41) is 0.136. The van der Waals surface area contributed by atoms with Gasteiger partial charge in [-0.3, -0.25) is 0 Å². The number of benzene rings is 1. The van der Waals surface area contributed by atoms with Gasteiger partial charge in [-0.15, -0.1) is 0 Å². The average Bonchev–Trinajstić information content (AvgIpc) is 3.29. The van der Waals surface area contributed by atoms with Gasteiger partial charge in [-0.2, -0.15) is 0 Å². The smallest absolute Gasteiger partial charge is 0.226 e. The van der Waals surface area contributed by atoms with Crippen molar-refractivity contribution in [2.24, 2.45) is 0 Å². The van der Waals surface area contributed by atoms with E-state index in [1.165, 1.54) is 29.5 Å². The molecule has 1 aromatic carbocycles. The Kier molecular flexibility index (Phi) is 6.22. The van der Waals surface area contributed by atoms with Gasteiger partial charge in [-0.05, 0) is 68.4 Å². The van der Waals surface area contributed by atoms with Crippen LogP contribution in [0.1, 0.15) is 76.6 Å². The van der Waals surface area contributed by atoms with E-state index in [-0.39, 0.29) is 23.4 Å². The van der Waals surface area contributed by atoms with Crippen molar-refractivity contribution >= 4 is 8.32 Å². The Balaban J connectivity index is 1.65. The molecular formula is C26H42O5Si. The van der Waals surface area contributed by atoms with Crippen LogP contribution in [0.3, 0.4) is 0 Å². The Morgan fingerprint density at radius 1 is 1.12 bits per heavy atom. The van der Waals surface area contributed by atoms with Crippen LogP contribution in [-0.4, -0.2) is 39.0 Å². The molecule has 1 spiro atoms. The Morgan fingerprint density at radius 2 is 1.84 bits per heavy atom. The molecule has 0 N–H and O–H groups in total. The zero-order chi connectivity index (χ0) is 23.5. The van der Waals surface area contributed by atoms with Crippen LogP contribution >= 0.6 is 0 Å². The first-order valence-electron chi connectivity index (χ1n) is 12.2. The fourth-order valence-corrected chi connectivity index (χ4v) is 6.02. The molecule has 3 aliphatic heterocycles. The third-order valence-electron chi connectivity index (χ3n) is 7.70. The standard InChI is InChI=1S/C26H42O5Si/c1-10-11-12-18-13-17(2)21-19(14-18)15-27-26(21)23-22(30-25(6,7)31-23)20(29-26)16-28-32(8,9)24(3,4)5/h13-14,20,22-23H,10-12,15-16H2,1-9H3/t20-,22-,23-,26-/m1/s1. The average molecular weight is 463 g/mol. The van der Waals surface area contributed by atoms with Crippen LogP contribution in [0.25, 0.3) is 0 Å². The van der Waals surface area contributed by atoms with Gasteiger partial charge in [-0.1, -0.05) is 46.2 Å². The van der Waals surface area contributed by atoms with E-state index in [0.717, 1.165) is 12.0 Å². The van der Waals surface area contributed by atoms with Crippen molar-refractivity contribution in [1.82, 2.24) is 0 Å². The molecule has 32 heavy (non-hydrogen) atoms. The van der Waals surface area contributed by atoms with E-state index in [1.54, 1.807) is 0 Å². The maximum absolute atomic E-state index is 6.73. The molecule has 3 aliphatic rings. The molecule has 4 rings (SSSR count). The molecule has 0 unspecified atom stereocenters. The van der Waals surface area contributed by atoms with E-state index in [2.05, 4.69) is 59.8 Å². The Labute approximate surface area is 195 Å². The predicted molar refractivity (Wildman–Crippen MR) is 128 cm³/mol. The van der Waals surface area contributed by atoms with Gasteiger partial charge in [0.05, 0.1) is 13.2 Å². The van der Waals surface area contributed by atoms with Crippen molar-refractivity contribution in [3.8, 4) is 0 Å². The van der Waals surface area contributed by atoms with E-state index in [9.17, 15) is 0 Å². The van der Waals surface area contributed by atoms with Gasteiger partial charge in [0.1, 0.15) is 18.3 Å². The molecule has 0 aliphatic carbocycles. The van der Waals surface area contributed by atoms with E-state index in [0.29, 0.717) is 13.2 Å². The summed E-state index contributed by atoms with van der Waals surface area (Å²) in [5.41, 5.74) is 4.93. The van der Waals surface area contributed by atoms with Crippen LogP contribution in [0.15, 0.2) is 12.1 Å². The molecule has 3 heterocycles. The molecule has 0 amide bonds. The minimum Gasteiger partial charge on any atom is -0.414 e. The Hall–Kier alpha value is -0.763. The molecule has 5 nitrogen and oxygen atoms in total. The quantitative estimate of drug-likeness (QED) is 0.488. The minimum atomic E-state index is -1.92. The SMILES string of the molecule is CCCCc1cc(C)c2c(c1)CO[C@@]21O[C@H](CO[Si](C)(C)C(C)(C)C)[C@H]2OC(C)(C)O[C@H]21. The van der Waals surface area contributed by atoms with Crippen LogP contribution in [0.5, 0.6) is 0 Å². The van der Waals surface area contributed by atoms with Gasteiger partial charge in [0, 0.05) is 5.56 Å². The lowest BCUT2D eigenvalue weighted by atomic mass is 9.90. The zero-order valence-corrected chi connectivity index (χ0v) is 22.5. The maximum atomic E-state index is 6.73. The number of rotatable bonds is 6. The monoisotopic (exact) mass is 462 g/mol. The van der Waals surface area contributed by atoms with Crippen molar-refractivity contribution in [2.75, 3.05) is 6.61 Å². The van der Waals surface area contributed by atoms with Gasteiger partial charge in [0.25, 0.3) is 0 Å². The van der Waals surface area contributed by atoms with Crippen LogP contribution in [-0.2, 0) is 42.2 Å².